The van der Waals surface area contributed by atoms with E-state index in [9.17, 15) is 18.0 Å². The standard InChI is InChI=1S/C16H23N3O4S/c1-12(20)17-7-3-8-18-24(22,23)16-5-4-14-6-9-19(13(2)21)11-15(14)10-16/h4-5,10,18H,3,6-9,11H2,1-2H3,(H,17,20). The molecular weight excluding hydrogens is 330 g/mol. The molecule has 2 N–H and O–H groups in total. The fourth-order valence-corrected chi connectivity index (χ4v) is 3.74. The van der Waals surface area contributed by atoms with Crippen LogP contribution < -0.4 is 10.0 Å². The summed E-state index contributed by atoms with van der Waals surface area (Å²) in [4.78, 5) is 24.2. The summed E-state index contributed by atoms with van der Waals surface area (Å²) in [5, 5.41) is 2.62. The van der Waals surface area contributed by atoms with Crippen LogP contribution in [0.15, 0.2) is 23.1 Å². The van der Waals surface area contributed by atoms with Crippen molar-refractivity contribution in [3.8, 4) is 0 Å². The van der Waals surface area contributed by atoms with E-state index in [0.29, 0.717) is 26.1 Å². The van der Waals surface area contributed by atoms with E-state index in [4.69, 9.17) is 0 Å². The molecule has 24 heavy (non-hydrogen) atoms. The lowest BCUT2D eigenvalue weighted by Gasteiger charge is -2.28. The quantitative estimate of drug-likeness (QED) is 0.724. The molecule has 0 radical (unpaired) electrons. The molecule has 132 valence electrons. The summed E-state index contributed by atoms with van der Waals surface area (Å²) in [6, 6.07) is 5.05. The summed E-state index contributed by atoms with van der Waals surface area (Å²) in [5.74, 6) is -0.146. The summed E-state index contributed by atoms with van der Waals surface area (Å²) in [7, 11) is -3.60. The number of amides is 2. The van der Waals surface area contributed by atoms with Crippen LogP contribution in [-0.2, 0) is 32.6 Å². The Balaban J connectivity index is 2.02. The lowest BCUT2D eigenvalue weighted by molar-refractivity contribution is -0.129. The molecule has 0 saturated heterocycles. The molecule has 0 atom stereocenters. The molecule has 2 rings (SSSR count). The molecule has 2 amide bonds. The number of fused-ring (bicyclic) bond motifs is 1. The number of benzene rings is 1. The van der Waals surface area contributed by atoms with Crippen LogP contribution in [0.1, 0.15) is 31.4 Å². The van der Waals surface area contributed by atoms with Gasteiger partial charge in [0.15, 0.2) is 0 Å². The molecule has 7 nitrogen and oxygen atoms in total. The van der Waals surface area contributed by atoms with Crippen molar-refractivity contribution in [1.82, 2.24) is 14.9 Å². The fourth-order valence-electron chi connectivity index (χ4n) is 2.61. The number of nitrogens with one attached hydrogen (secondary N) is 2. The Labute approximate surface area is 142 Å². The van der Waals surface area contributed by atoms with Crippen LogP contribution >= 0.6 is 0 Å². The van der Waals surface area contributed by atoms with Crippen LogP contribution in [0.3, 0.4) is 0 Å². The molecule has 0 aliphatic carbocycles. The van der Waals surface area contributed by atoms with Gasteiger partial charge in [-0.2, -0.15) is 0 Å². The van der Waals surface area contributed by atoms with Crippen molar-refractivity contribution < 1.29 is 18.0 Å². The largest absolute Gasteiger partial charge is 0.356 e. The van der Waals surface area contributed by atoms with Crippen molar-refractivity contribution >= 4 is 21.8 Å². The zero-order chi connectivity index (χ0) is 17.7. The summed E-state index contributed by atoms with van der Waals surface area (Å²) >= 11 is 0. The van der Waals surface area contributed by atoms with E-state index in [1.165, 1.54) is 13.8 Å². The topological polar surface area (TPSA) is 95.6 Å². The van der Waals surface area contributed by atoms with Gasteiger partial charge in [-0.1, -0.05) is 6.07 Å². The Hall–Kier alpha value is -1.93. The second-order valence-corrected chi connectivity index (χ2v) is 7.62. The Morgan fingerprint density at radius 2 is 1.92 bits per heavy atom. The summed E-state index contributed by atoms with van der Waals surface area (Å²) in [6.45, 7) is 4.71. The normalized spacial score (nSPS) is 14.2. The predicted octanol–water partition coefficient (Wildman–Crippen LogP) is 0.396. The average Bonchev–Trinajstić information content (AvgIpc) is 2.53. The number of sulfonamides is 1. The van der Waals surface area contributed by atoms with E-state index in [0.717, 1.165) is 17.5 Å². The first kappa shape index (κ1) is 18.4. The minimum Gasteiger partial charge on any atom is -0.356 e. The third-order valence-corrected chi connectivity index (χ3v) is 5.42. The maximum absolute atomic E-state index is 12.4. The number of carbonyl (C=O) groups is 2. The third kappa shape index (κ3) is 4.78. The molecule has 1 aliphatic rings. The highest BCUT2D eigenvalue weighted by molar-refractivity contribution is 7.89. The van der Waals surface area contributed by atoms with E-state index in [1.54, 1.807) is 17.0 Å². The van der Waals surface area contributed by atoms with Gasteiger partial charge < -0.3 is 10.2 Å². The number of hydrogen-bond acceptors (Lipinski definition) is 4. The number of nitrogens with zero attached hydrogens (tertiary/aromatic N) is 1. The summed E-state index contributed by atoms with van der Waals surface area (Å²) in [5.41, 5.74) is 1.95. The lowest BCUT2D eigenvalue weighted by atomic mass is 10.00. The van der Waals surface area contributed by atoms with Gasteiger partial charge in [0.25, 0.3) is 0 Å². The molecule has 1 aromatic rings. The molecule has 8 heteroatoms. The smallest absolute Gasteiger partial charge is 0.240 e. The van der Waals surface area contributed by atoms with Crippen molar-refractivity contribution in [2.24, 2.45) is 0 Å². The Morgan fingerprint density at radius 1 is 1.17 bits per heavy atom. The Bertz CT molecular complexity index is 731. The molecule has 1 aromatic carbocycles. The molecule has 0 saturated carbocycles. The summed E-state index contributed by atoms with van der Waals surface area (Å²) < 4.78 is 27.2. The molecule has 0 bridgehead atoms. The summed E-state index contributed by atoms with van der Waals surface area (Å²) in [6.07, 6.45) is 1.25. The lowest BCUT2D eigenvalue weighted by Crippen LogP contribution is -2.34. The van der Waals surface area contributed by atoms with E-state index in [1.807, 2.05) is 6.07 Å². The molecule has 0 fully saturated rings. The van der Waals surface area contributed by atoms with Crippen LogP contribution in [0.4, 0.5) is 0 Å². The maximum Gasteiger partial charge on any atom is 0.240 e. The van der Waals surface area contributed by atoms with Crippen LogP contribution in [-0.4, -0.2) is 44.8 Å². The van der Waals surface area contributed by atoms with Crippen molar-refractivity contribution in [3.05, 3.63) is 29.3 Å². The van der Waals surface area contributed by atoms with Gasteiger partial charge >= 0.3 is 0 Å². The highest BCUT2D eigenvalue weighted by atomic mass is 32.2. The average molecular weight is 353 g/mol. The van der Waals surface area contributed by atoms with E-state index in [-0.39, 0.29) is 23.3 Å². The zero-order valence-corrected chi connectivity index (χ0v) is 14.8. The molecule has 1 heterocycles. The second-order valence-electron chi connectivity index (χ2n) is 5.86. The first-order valence-corrected chi connectivity index (χ1v) is 9.39. The third-order valence-electron chi connectivity index (χ3n) is 3.97. The van der Waals surface area contributed by atoms with Crippen molar-refractivity contribution in [2.45, 2.75) is 38.1 Å². The van der Waals surface area contributed by atoms with Crippen LogP contribution in [0.5, 0.6) is 0 Å². The van der Waals surface area contributed by atoms with Gasteiger partial charge in [0.05, 0.1) is 4.90 Å². The van der Waals surface area contributed by atoms with E-state index >= 15 is 0 Å². The highest BCUT2D eigenvalue weighted by Gasteiger charge is 2.21. The monoisotopic (exact) mass is 353 g/mol. The van der Waals surface area contributed by atoms with Gasteiger partial charge in [-0.3, -0.25) is 9.59 Å². The number of hydrogen-bond donors (Lipinski definition) is 2. The van der Waals surface area contributed by atoms with Crippen molar-refractivity contribution in [2.75, 3.05) is 19.6 Å². The van der Waals surface area contributed by atoms with Crippen LogP contribution in [0, 0.1) is 0 Å². The maximum atomic E-state index is 12.4. The molecule has 1 aliphatic heterocycles. The SMILES string of the molecule is CC(=O)NCCCNS(=O)(=O)c1ccc2c(c1)CN(C(C)=O)CC2. The first-order chi connectivity index (χ1) is 11.3. The van der Waals surface area contributed by atoms with Gasteiger partial charge in [0.2, 0.25) is 21.8 Å². The number of carbonyl (C=O) groups excluding carboxylic acids is 2. The van der Waals surface area contributed by atoms with Gasteiger partial charge in [-0.05, 0) is 36.1 Å². The Kier molecular flexibility index (Phi) is 5.95. The van der Waals surface area contributed by atoms with Gasteiger partial charge in [-0.15, -0.1) is 0 Å². The van der Waals surface area contributed by atoms with Crippen LogP contribution in [0.25, 0.3) is 0 Å². The van der Waals surface area contributed by atoms with Gasteiger partial charge in [0.1, 0.15) is 0 Å². The zero-order valence-electron chi connectivity index (χ0n) is 14.0. The first-order valence-electron chi connectivity index (χ1n) is 7.91. The van der Waals surface area contributed by atoms with E-state index in [2.05, 4.69) is 10.0 Å². The molecule has 0 aromatic heterocycles. The highest BCUT2D eigenvalue weighted by Crippen LogP contribution is 2.22. The van der Waals surface area contributed by atoms with Crippen molar-refractivity contribution in [1.29, 1.82) is 0 Å². The molecular formula is C16H23N3O4S. The number of rotatable bonds is 6. The minimum absolute atomic E-state index is 0.00925. The predicted molar refractivity (Wildman–Crippen MR) is 89.7 cm³/mol. The fraction of sp³-hybridized carbons (Fsp3) is 0.500. The van der Waals surface area contributed by atoms with E-state index < -0.39 is 10.0 Å². The van der Waals surface area contributed by atoms with Gasteiger partial charge in [-0.25, -0.2) is 13.1 Å². The minimum atomic E-state index is -3.60. The Morgan fingerprint density at radius 3 is 2.58 bits per heavy atom. The van der Waals surface area contributed by atoms with Crippen molar-refractivity contribution in [3.63, 3.8) is 0 Å². The molecule has 0 spiro atoms. The van der Waals surface area contributed by atoms with Gasteiger partial charge in [0, 0.05) is 40.0 Å². The van der Waals surface area contributed by atoms with Crippen LogP contribution in [0.2, 0.25) is 0 Å². The second kappa shape index (κ2) is 7.76. The molecule has 0 unspecified atom stereocenters.